The maximum atomic E-state index is 13.5. The first-order valence-electron chi connectivity index (χ1n) is 12.3. The highest BCUT2D eigenvalue weighted by Crippen LogP contribution is 2.37. The molecule has 1 atom stereocenters. The quantitative estimate of drug-likeness (QED) is 0.125. The number of halogens is 2. The number of ether oxygens (including phenoxy) is 2. The first kappa shape index (κ1) is 27.9. The summed E-state index contributed by atoms with van der Waals surface area (Å²) in [5, 5.41) is 16.7. The van der Waals surface area contributed by atoms with E-state index in [1.54, 1.807) is 25.1 Å². The summed E-state index contributed by atoms with van der Waals surface area (Å²) in [6, 6.07) is 8.20. The molecule has 1 aliphatic carbocycles. The van der Waals surface area contributed by atoms with E-state index < -0.39 is 17.0 Å². The van der Waals surface area contributed by atoms with Crippen LogP contribution < -0.4 is 10.3 Å². The molecular weight excluding hydrogens is 624 g/mol. The summed E-state index contributed by atoms with van der Waals surface area (Å²) >= 11 is 6.72. The minimum Gasteiger partial charge on any atom is -0.471 e. The summed E-state index contributed by atoms with van der Waals surface area (Å²) in [5.41, 5.74) is 0.277. The molecule has 1 fully saturated rings. The molecule has 0 unspecified atom stereocenters. The van der Waals surface area contributed by atoms with Gasteiger partial charge >= 0.3 is 11.7 Å². The zero-order valence-corrected chi connectivity index (χ0v) is 24.0. The number of aromatic nitrogens is 2. The average molecular weight is 650 g/mol. The number of nitrogens with zero attached hydrogens (tertiary/aromatic N) is 4. The van der Waals surface area contributed by atoms with Crippen molar-refractivity contribution in [2.45, 2.75) is 58.0 Å². The number of fused-ring (bicyclic) bond motifs is 1. The third kappa shape index (κ3) is 6.12. The molecule has 0 aliphatic heterocycles. The van der Waals surface area contributed by atoms with Crippen molar-refractivity contribution >= 4 is 60.6 Å². The van der Waals surface area contributed by atoms with Gasteiger partial charge in [-0.25, -0.2) is 9.78 Å². The zero-order chi connectivity index (χ0) is 27.4. The van der Waals surface area contributed by atoms with Gasteiger partial charge in [0.25, 0.3) is 5.56 Å². The molecule has 0 bridgehead atoms. The van der Waals surface area contributed by atoms with E-state index in [4.69, 9.17) is 14.5 Å². The van der Waals surface area contributed by atoms with E-state index in [9.17, 15) is 19.7 Å². The van der Waals surface area contributed by atoms with Gasteiger partial charge in [-0.1, -0.05) is 35.2 Å². The predicted octanol–water partition coefficient (Wildman–Crippen LogP) is 6.09. The highest BCUT2D eigenvalue weighted by atomic mass is 79.9. The van der Waals surface area contributed by atoms with Crippen molar-refractivity contribution in [2.75, 3.05) is 6.61 Å². The molecule has 1 aromatic heterocycles. The van der Waals surface area contributed by atoms with Crippen molar-refractivity contribution in [3.05, 3.63) is 71.1 Å². The van der Waals surface area contributed by atoms with Gasteiger partial charge in [0.1, 0.15) is 5.82 Å². The van der Waals surface area contributed by atoms with Gasteiger partial charge in [0.15, 0.2) is 6.10 Å². The molecule has 1 heterocycles. The summed E-state index contributed by atoms with van der Waals surface area (Å²) in [7, 11) is 0. The summed E-state index contributed by atoms with van der Waals surface area (Å²) in [6.07, 6.45) is 5.39. The molecule has 2 aromatic carbocycles. The lowest BCUT2D eigenvalue weighted by Crippen LogP contribution is -2.26. The number of nitro groups is 1. The van der Waals surface area contributed by atoms with Crippen molar-refractivity contribution < 1.29 is 19.2 Å². The SMILES string of the molecule is CCOC(=O)[C@H](C)Oc1c(Br)cc(C=Nn2c(C3CCCCC3)nc3ccc(Br)cc3c2=O)cc1[N+](=O)[O-]. The van der Waals surface area contributed by atoms with Crippen LogP contribution in [0.5, 0.6) is 5.75 Å². The van der Waals surface area contributed by atoms with Crippen LogP contribution in [-0.2, 0) is 9.53 Å². The molecule has 200 valence electrons. The van der Waals surface area contributed by atoms with E-state index in [0.29, 0.717) is 22.3 Å². The zero-order valence-electron chi connectivity index (χ0n) is 20.9. The van der Waals surface area contributed by atoms with Gasteiger partial charge in [-0.15, -0.1) is 0 Å². The van der Waals surface area contributed by atoms with Crippen molar-refractivity contribution in [3.8, 4) is 5.75 Å². The lowest BCUT2D eigenvalue weighted by molar-refractivity contribution is -0.386. The summed E-state index contributed by atoms with van der Waals surface area (Å²) in [6.45, 7) is 3.27. The van der Waals surface area contributed by atoms with Gasteiger partial charge in [0.05, 0.1) is 33.1 Å². The fourth-order valence-electron chi connectivity index (χ4n) is 4.44. The second-order valence-corrected chi connectivity index (χ2v) is 10.7. The van der Waals surface area contributed by atoms with Crippen LogP contribution >= 0.6 is 31.9 Å². The van der Waals surface area contributed by atoms with Crippen LogP contribution in [-0.4, -0.2) is 39.5 Å². The Morgan fingerprint density at radius 2 is 2.00 bits per heavy atom. The maximum Gasteiger partial charge on any atom is 0.347 e. The van der Waals surface area contributed by atoms with Gasteiger partial charge < -0.3 is 9.47 Å². The molecule has 1 saturated carbocycles. The summed E-state index contributed by atoms with van der Waals surface area (Å²) < 4.78 is 12.8. The highest BCUT2D eigenvalue weighted by Gasteiger charge is 2.26. The topological polar surface area (TPSA) is 126 Å². The van der Waals surface area contributed by atoms with Gasteiger partial charge in [-0.3, -0.25) is 14.9 Å². The molecular formula is C26H26Br2N4O6. The molecule has 4 rings (SSSR count). The molecule has 0 spiro atoms. The number of hydrogen-bond acceptors (Lipinski definition) is 8. The van der Waals surface area contributed by atoms with Gasteiger partial charge in [0, 0.05) is 22.0 Å². The molecule has 1 aliphatic rings. The first-order valence-corrected chi connectivity index (χ1v) is 13.9. The Kier molecular flexibility index (Phi) is 8.93. The van der Waals surface area contributed by atoms with Crippen LogP contribution in [0.3, 0.4) is 0 Å². The second-order valence-electron chi connectivity index (χ2n) is 8.95. The minimum atomic E-state index is -1.05. The fraction of sp³-hybridized carbons (Fsp3) is 0.385. The molecule has 10 nitrogen and oxygen atoms in total. The number of carbonyl (C=O) groups excluding carboxylic acids is 1. The monoisotopic (exact) mass is 648 g/mol. The lowest BCUT2D eigenvalue weighted by Gasteiger charge is -2.22. The van der Waals surface area contributed by atoms with Crippen molar-refractivity contribution in [3.63, 3.8) is 0 Å². The maximum absolute atomic E-state index is 13.5. The molecule has 3 aromatic rings. The van der Waals surface area contributed by atoms with E-state index in [2.05, 4.69) is 37.0 Å². The number of nitro benzene ring substituents is 1. The number of hydrogen-bond donors (Lipinski definition) is 0. The summed E-state index contributed by atoms with van der Waals surface area (Å²) in [5.74, 6) is -0.0743. The minimum absolute atomic E-state index is 0.0860. The fourth-order valence-corrected chi connectivity index (χ4v) is 5.36. The van der Waals surface area contributed by atoms with Crippen molar-refractivity contribution in [2.24, 2.45) is 5.10 Å². The third-order valence-corrected chi connectivity index (χ3v) is 7.36. The van der Waals surface area contributed by atoms with E-state index in [1.165, 1.54) is 23.9 Å². The second kappa shape index (κ2) is 12.2. The van der Waals surface area contributed by atoms with Gasteiger partial charge in [-0.05, 0) is 66.9 Å². The first-order chi connectivity index (χ1) is 18.2. The molecule has 0 amide bonds. The average Bonchev–Trinajstić information content (AvgIpc) is 2.90. The van der Waals surface area contributed by atoms with Crippen LogP contribution in [0.25, 0.3) is 10.9 Å². The Balaban J connectivity index is 1.76. The summed E-state index contributed by atoms with van der Waals surface area (Å²) in [4.78, 5) is 41.5. The standard InChI is InChI=1S/C26H26Br2N4O6/c1-3-37-26(34)15(2)38-23-20(28)11-16(12-22(23)32(35)36)14-29-31-24(17-7-5-4-6-8-17)30-21-10-9-18(27)13-19(21)25(31)33/h9-15,17H,3-8H2,1-2H3/t15-/m0/s1. The Bertz CT molecular complexity index is 1470. The van der Waals surface area contributed by atoms with Crippen LogP contribution in [0.2, 0.25) is 0 Å². The number of esters is 1. The van der Waals surface area contributed by atoms with E-state index in [1.807, 2.05) is 6.07 Å². The van der Waals surface area contributed by atoms with Gasteiger partial charge in [-0.2, -0.15) is 9.78 Å². The van der Waals surface area contributed by atoms with E-state index in [0.717, 1.165) is 36.6 Å². The Morgan fingerprint density at radius 1 is 1.26 bits per heavy atom. The number of benzene rings is 2. The number of carbonyl (C=O) groups is 1. The molecule has 38 heavy (non-hydrogen) atoms. The lowest BCUT2D eigenvalue weighted by atomic mass is 9.88. The van der Waals surface area contributed by atoms with E-state index in [-0.39, 0.29) is 34.0 Å². The Hall–Kier alpha value is -3.12. The van der Waals surface area contributed by atoms with Crippen LogP contribution in [0, 0.1) is 10.1 Å². The van der Waals surface area contributed by atoms with Gasteiger partial charge in [0.2, 0.25) is 5.75 Å². The van der Waals surface area contributed by atoms with Crippen LogP contribution in [0.4, 0.5) is 5.69 Å². The highest BCUT2D eigenvalue weighted by molar-refractivity contribution is 9.10. The smallest absolute Gasteiger partial charge is 0.347 e. The van der Waals surface area contributed by atoms with Crippen molar-refractivity contribution in [1.82, 2.24) is 9.66 Å². The molecule has 0 radical (unpaired) electrons. The third-order valence-electron chi connectivity index (χ3n) is 6.28. The van der Waals surface area contributed by atoms with E-state index >= 15 is 0 Å². The molecule has 0 saturated heterocycles. The molecule has 12 heteroatoms. The predicted molar refractivity (Wildman–Crippen MR) is 150 cm³/mol. The van der Waals surface area contributed by atoms with Crippen LogP contribution in [0.1, 0.15) is 63.3 Å². The molecule has 0 N–H and O–H groups in total. The Morgan fingerprint density at radius 3 is 2.68 bits per heavy atom. The largest absolute Gasteiger partial charge is 0.471 e. The van der Waals surface area contributed by atoms with Crippen LogP contribution in [0.15, 0.2) is 49.2 Å². The van der Waals surface area contributed by atoms with Crippen molar-refractivity contribution in [1.29, 1.82) is 0 Å². The Labute approximate surface area is 235 Å². The normalized spacial score (nSPS) is 15.1. The number of rotatable bonds is 8.